The van der Waals surface area contributed by atoms with Crippen molar-refractivity contribution in [1.82, 2.24) is 5.32 Å². The minimum absolute atomic E-state index is 0.0145. The fraction of sp³-hybridized carbons (Fsp3) is 0.273. The highest BCUT2D eigenvalue weighted by Gasteiger charge is 2.26. The first-order valence-electron chi connectivity index (χ1n) is 4.81. The molecule has 1 heterocycles. The minimum atomic E-state index is 0.0145. The van der Waals surface area contributed by atoms with Crippen LogP contribution in [0, 0.1) is 0 Å². The van der Waals surface area contributed by atoms with Crippen molar-refractivity contribution >= 4 is 10.9 Å². The van der Waals surface area contributed by atoms with E-state index < -0.39 is 0 Å². The van der Waals surface area contributed by atoms with Crippen LogP contribution in [-0.2, 0) is 10.9 Å². The van der Waals surface area contributed by atoms with E-state index in [4.69, 9.17) is 9.47 Å². The third kappa shape index (κ3) is 1.90. The SMILES string of the molecule is COc1cc([S+]2C=CNC2)cc(OC)c1O. The molecular weight excluding hydrogens is 226 g/mol. The lowest BCUT2D eigenvalue weighted by Gasteiger charge is -2.09. The zero-order valence-corrected chi connectivity index (χ0v) is 10.0. The maximum Gasteiger partial charge on any atom is 0.201 e. The van der Waals surface area contributed by atoms with Gasteiger partial charge in [-0.25, -0.2) is 0 Å². The van der Waals surface area contributed by atoms with E-state index in [1.54, 1.807) is 0 Å². The molecule has 1 aromatic carbocycles. The van der Waals surface area contributed by atoms with Crippen molar-refractivity contribution in [2.75, 3.05) is 20.1 Å². The van der Waals surface area contributed by atoms with Gasteiger partial charge < -0.3 is 19.9 Å². The van der Waals surface area contributed by atoms with Crippen molar-refractivity contribution in [3.05, 3.63) is 23.7 Å². The zero-order chi connectivity index (χ0) is 11.5. The van der Waals surface area contributed by atoms with E-state index in [1.165, 1.54) is 14.2 Å². The van der Waals surface area contributed by atoms with Crippen LogP contribution < -0.4 is 14.8 Å². The molecule has 86 valence electrons. The van der Waals surface area contributed by atoms with Gasteiger partial charge in [-0.2, -0.15) is 0 Å². The molecule has 1 aliphatic rings. The highest BCUT2D eigenvalue weighted by molar-refractivity contribution is 7.99. The largest absolute Gasteiger partial charge is 0.502 e. The van der Waals surface area contributed by atoms with Crippen LogP contribution in [-0.4, -0.2) is 25.2 Å². The quantitative estimate of drug-likeness (QED) is 0.785. The number of phenols is 1. The average Bonchev–Trinajstić information content (AvgIpc) is 2.83. The number of benzene rings is 1. The molecule has 0 aromatic heterocycles. The number of rotatable bonds is 3. The molecule has 0 radical (unpaired) electrons. The topological polar surface area (TPSA) is 50.7 Å². The van der Waals surface area contributed by atoms with E-state index in [1.807, 2.05) is 18.3 Å². The van der Waals surface area contributed by atoms with Gasteiger partial charge in [0, 0.05) is 18.3 Å². The van der Waals surface area contributed by atoms with Crippen LogP contribution in [0.4, 0.5) is 0 Å². The third-order valence-electron chi connectivity index (χ3n) is 2.35. The van der Waals surface area contributed by atoms with E-state index in [9.17, 15) is 5.11 Å². The minimum Gasteiger partial charge on any atom is -0.502 e. The molecule has 5 heteroatoms. The molecule has 0 saturated heterocycles. The Bertz CT molecular complexity index is 395. The molecule has 0 saturated carbocycles. The molecule has 0 bridgehead atoms. The number of phenolic OH excluding ortho intramolecular Hbond substituents is 1. The number of methoxy groups -OCH3 is 2. The molecule has 1 aromatic rings. The first-order valence-corrected chi connectivity index (χ1v) is 6.26. The Hall–Kier alpha value is -1.49. The van der Waals surface area contributed by atoms with E-state index in [2.05, 4.69) is 10.7 Å². The van der Waals surface area contributed by atoms with Gasteiger partial charge in [-0.3, -0.25) is 0 Å². The molecule has 0 fully saturated rings. The van der Waals surface area contributed by atoms with Gasteiger partial charge >= 0.3 is 0 Å². The Labute approximate surface area is 97.2 Å². The molecule has 2 rings (SSSR count). The van der Waals surface area contributed by atoms with Gasteiger partial charge in [-0.05, 0) is 0 Å². The second-order valence-corrected chi connectivity index (χ2v) is 5.15. The molecule has 0 aliphatic carbocycles. The zero-order valence-electron chi connectivity index (χ0n) is 9.19. The molecule has 1 aliphatic heterocycles. The summed E-state index contributed by atoms with van der Waals surface area (Å²) in [5, 5.41) is 15.0. The summed E-state index contributed by atoms with van der Waals surface area (Å²) in [5.74, 6) is 1.83. The molecule has 1 atom stereocenters. The van der Waals surface area contributed by atoms with Crippen LogP contribution in [0.1, 0.15) is 0 Å². The maximum absolute atomic E-state index is 9.78. The number of nitrogens with one attached hydrogen (secondary N) is 1. The van der Waals surface area contributed by atoms with E-state index >= 15 is 0 Å². The second-order valence-electron chi connectivity index (χ2n) is 3.26. The third-order valence-corrected chi connectivity index (χ3v) is 4.13. The number of hydrogen-bond donors (Lipinski definition) is 2. The Kier molecular flexibility index (Phi) is 3.14. The summed E-state index contributed by atoms with van der Waals surface area (Å²) < 4.78 is 10.2. The Balaban J connectivity index is 2.42. The van der Waals surface area contributed by atoms with Crippen molar-refractivity contribution in [3.63, 3.8) is 0 Å². The predicted molar refractivity (Wildman–Crippen MR) is 64.0 cm³/mol. The van der Waals surface area contributed by atoms with Crippen LogP contribution >= 0.6 is 0 Å². The summed E-state index contributed by atoms with van der Waals surface area (Å²) in [6, 6.07) is 3.69. The summed E-state index contributed by atoms with van der Waals surface area (Å²) in [4.78, 5) is 1.09. The van der Waals surface area contributed by atoms with Crippen molar-refractivity contribution < 1.29 is 14.6 Å². The van der Waals surface area contributed by atoms with Crippen LogP contribution in [0.3, 0.4) is 0 Å². The highest BCUT2D eigenvalue weighted by atomic mass is 32.2. The molecule has 2 N–H and O–H groups in total. The molecule has 1 unspecified atom stereocenters. The van der Waals surface area contributed by atoms with Crippen LogP contribution in [0.2, 0.25) is 0 Å². The maximum atomic E-state index is 9.78. The standard InChI is InChI=1S/C11H13NO3S/c1-14-9-5-8(16-4-3-12-7-16)6-10(15-2)11(9)13/h3-6,12H,7H2,1-2H3/p+1. The van der Waals surface area contributed by atoms with Gasteiger partial charge in [-0.1, -0.05) is 0 Å². The first kappa shape index (κ1) is 11.0. The van der Waals surface area contributed by atoms with Crippen molar-refractivity contribution in [2.45, 2.75) is 4.90 Å². The predicted octanol–water partition coefficient (Wildman–Crippen LogP) is 1.42. The van der Waals surface area contributed by atoms with Gasteiger partial charge in [-0.15, -0.1) is 0 Å². The smallest absolute Gasteiger partial charge is 0.201 e. The lowest BCUT2D eigenvalue weighted by Crippen LogP contribution is -2.09. The van der Waals surface area contributed by atoms with Crippen molar-refractivity contribution in [3.8, 4) is 17.2 Å². The first-order chi connectivity index (χ1) is 7.76. The number of ether oxygens (including phenoxy) is 2. The summed E-state index contributed by atoms with van der Waals surface area (Å²) in [6.07, 6.45) is 1.94. The van der Waals surface area contributed by atoms with Gasteiger partial charge in [0.15, 0.2) is 22.3 Å². The number of hydrogen-bond acceptors (Lipinski definition) is 4. The number of aromatic hydroxyl groups is 1. The molecule has 16 heavy (non-hydrogen) atoms. The summed E-state index contributed by atoms with van der Waals surface area (Å²) in [5.41, 5.74) is 0. The molecule has 0 amide bonds. The van der Waals surface area contributed by atoms with Gasteiger partial charge in [0.2, 0.25) is 5.75 Å². The fourth-order valence-electron chi connectivity index (χ4n) is 1.50. The molecule has 4 nitrogen and oxygen atoms in total. The molecular formula is C11H14NO3S+. The van der Waals surface area contributed by atoms with Crippen molar-refractivity contribution in [1.29, 1.82) is 0 Å². The van der Waals surface area contributed by atoms with E-state index in [0.717, 1.165) is 10.8 Å². The lowest BCUT2D eigenvalue weighted by atomic mass is 10.3. The van der Waals surface area contributed by atoms with Gasteiger partial charge in [0.05, 0.1) is 25.1 Å². The van der Waals surface area contributed by atoms with Crippen LogP contribution in [0.15, 0.2) is 28.6 Å². The van der Waals surface area contributed by atoms with E-state index in [0.29, 0.717) is 11.5 Å². The van der Waals surface area contributed by atoms with Gasteiger partial charge in [0.25, 0.3) is 0 Å². The Morgan fingerprint density at radius 1 is 1.25 bits per heavy atom. The normalized spacial score (nSPS) is 18.2. The van der Waals surface area contributed by atoms with Crippen molar-refractivity contribution in [2.24, 2.45) is 0 Å². The summed E-state index contributed by atoms with van der Waals surface area (Å²) in [7, 11) is 3.08. The summed E-state index contributed by atoms with van der Waals surface area (Å²) >= 11 is 0. The van der Waals surface area contributed by atoms with E-state index in [-0.39, 0.29) is 16.6 Å². The Morgan fingerprint density at radius 3 is 2.31 bits per heavy atom. The monoisotopic (exact) mass is 240 g/mol. The fourth-order valence-corrected chi connectivity index (χ4v) is 2.97. The molecule has 0 spiro atoms. The lowest BCUT2D eigenvalue weighted by molar-refractivity contribution is 0.338. The second kappa shape index (κ2) is 4.57. The highest BCUT2D eigenvalue weighted by Crippen LogP contribution is 2.39. The van der Waals surface area contributed by atoms with Crippen LogP contribution in [0.5, 0.6) is 17.2 Å². The van der Waals surface area contributed by atoms with Crippen LogP contribution in [0.25, 0.3) is 0 Å². The summed E-state index contributed by atoms with van der Waals surface area (Å²) in [6.45, 7) is 0. The average molecular weight is 240 g/mol. The van der Waals surface area contributed by atoms with Gasteiger partial charge in [0.1, 0.15) is 5.41 Å². The Morgan fingerprint density at radius 2 is 1.88 bits per heavy atom.